The minimum Gasteiger partial charge on any atom is -0.494 e. The molecule has 0 bridgehead atoms. The Bertz CT molecular complexity index is 397. The van der Waals surface area contributed by atoms with Crippen LogP contribution in [0.3, 0.4) is 0 Å². The van der Waals surface area contributed by atoms with Crippen LogP contribution in [0.2, 0.25) is 0 Å². The van der Waals surface area contributed by atoms with Crippen molar-refractivity contribution in [2.45, 2.75) is 25.3 Å². The average Bonchev–Trinajstić information content (AvgIpc) is 2.55. The molecule has 0 saturated carbocycles. The summed E-state index contributed by atoms with van der Waals surface area (Å²) in [7, 11) is 3.63. The molecule has 1 aliphatic heterocycles. The van der Waals surface area contributed by atoms with Crippen molar-refractivity contribution in [1.82, 2.24) is 4.90 Å². The molecule has 0 amide bonds. The van der Waals surface area contributed by atoms with E-state index in [-0.39, 0.29) is 5.82 Å². The van der Waals surface area contributed by atoms with Gasteiger partial charge in [0.05, 0.1) is 7.11 Å². The van der Waals surface area contributed by atoms with Gasteiger partial charge in [0.1, 0.15) is 0 Å². The number of nitrogens with one attached hydrogen (secondary N) is 1. The summed E-state index contributed by atoms with van der Waals surface area (Å²) in [5.74, 6) is -0.0191. The maximum Gasteiger partial charge on any atom is 0.167 e. The average molecular weight is 252 g/mol. The Morgan fingerprint density at radius 3 is 2.89 bits per heavy atom. The van der Waals surface area contributed by atoms with E-state index in [1.165, 1.54) is 19.6 Å². The summed E-state index contributed by atoms with van der Waals surface area (Å²) < 4.78 is 18.5. The highest BCUT2D eigenvalue weighted by molar-refractivity contribution is 5.48. The lowest BCUT2D eigenvalue weighted by Crippen LogP contribution is -2.23. The highest BCUT2D eigenvalue weighted by Gasteiger charge is 2.15. The van der Waals surface area contributed by atoms with Gasteiger partial charge in [-0.05, 0) is 51.5 Å². The fourth-order valence-electron chi connectivity index (χ4n) is 2.38. The SMILES string of the molecule is COc1ccc(NC2CCCN(C)CC2)cc1F. The lowest BCUT2D eigenvalue weighted by atomic mass is 10.1. The molecule has 1 aromatic carbocycles. The Morgan fingerprint density at radius 1 is 1.33 bits per heavy atom. The molecule has 18 heavy (non-hydrogen) atoms. The molecule has 1 heterocycles. The highest BCUT2D eigenvalue weighted by Crippen LogP contribution is 2.22. The van der Waals surface area contributed by atoms with E-state index in [1.807, 2.05) is 6.07 Å². The van der Waals surface area contributed by atoms with Crippen molar-refractivity contribution < 1.29 is 9.13 Å². The second-order valence-corrected chi connectivity index (χ2v) is 4.92. The van der Waals surface area contributed by atoms with E-state index >= 15 is 0 Å². The van der Waals surface area contributed by atoms with Gasteiger partial charge in [0.25, 0.3) is 0 Å². The zero-order valence-electron chi connectivity index (χ0n) is 11.1. The topological polar surface area (TPSA) is 24.5 Å². The van der Waals surface area contributed by atoms with E-state index in [0.29, 0.717) is 11.8 Å². The third-order valence-electron chi connectivity index (χ3n) is 3.47. The van der Waals surface area contributed by atoms with Gasteiger partial charge >= 0.3 is 0 Å². The number of rotatable bonds is 3. The Labute approximate surface area is 108 Å². The molecule has 1 saturated heterocycles. The van der Waals surface area contributed by atoms with Crippen molar-refractivity contribution in [2.24, 2.45) is 0 Å². The number of benzene rings is 1. The van der Waals surface area contributed by atoms with Crippen molar-refractivity contribution in [3.63, 3.8) is 0 Å². The minimum absolute atomic E-state index is 0.293. The monoisotopic (exact) mass is 252 g/mol. The van der Waals surface area contributed by atoms with Crippen LogP contribution in [0.15, 0.2) is 18.2 Å². The van der Waals surface area contributed by atoms with Crippen LogP contribution in [0.4, 0.5) is 10.1 Å². The molecular formula is C14H21FN2O. The molecule has 100 valence electrons. The molecule has 0 spiro atoms. The first-order valence-corrected chi connectivity index (χ1v) is 6.47. The van der Waals surface area contributed by atoms with E-state index < -0.39 is 0 Å². The summed E-state index contributed by atoms with van der Waals surface area (Å²) in [6.07, 6.45) is 3.43. The fourth-order valence-corrected chi connectivity index (χ4v) is 2.38. The van der Waals surface area contributed by atoms with E-state index in [9.17, 15) is 4.39 Å². The molecule has 4 heteroatoms. The smallest absolute Gasteiger partial charge is 0.167 e. The third kappa shape index (κ3) is 3.35. The largest absolute Gasteiger partial charge is 0.494 e. The second kappa shape index (κ2) is 6.05. The molecule has 0 aliphatic carbocycles. The van der Waals surface area contributed by atoms with Crippen molar-refractivity contribution >= 4 is 5.69 Å². The van der Waals surface area contributed by atoms with Gasteiger partial charge in [-0.15, -0.1) is 0 Å². The Balaban J connectivity index is 1.98. The van der Waals surface area contributed by atoms with Crippen LogP contribution < -0.4 is 10.1 Å². The summed E-state index contributed by atoms with van der Waals surface area (Å²) in [5, 5.41) is 3.41. The van der Waals surface area contributed by atoms with Crippen molar-refractivity contribution in [1.29, 1.82) is 0 Å². The van der Waals surface area contributed by atoms with Gasteiger partial charge in [0.2, 0.25) is 0 Å². The van der Waals surface area contributed by atoms with Crippen LogP contribution in [0.5, 0.6) is 5.75 Å². The van der Waals surface area contributed by atoms with Crippen LogP contribution in [0.1, 0.15) is 19.3 Å². The molecule has 1 aromatic rings. The standard InChI is InChI=1S/C14H21FN2O/c1-17-8-3-4-11(7-9-17)16-12-5-6-14(18-2)13(15)10-12/h5-6,10-11,16H,3-4,7-9H2,1-2H3. The highest BCUT2D eigenvalue weighted by atomic mass is 19.1. The lowest BCUT2D eigenvalue weighted by molar-refractivity contribution is 0.348. The van der Waals surface area contributed by atoms with E-state index in [4.69, 9.17) is 4.74 Å². The number of halogens is 1. The first-order chi connectivity index (χ1) is 8.69. The normalized spacial score (nSPS) is 21.4. The quantitative estimate of drug-likeness (QED) is 0.895. The Morgan fingerprint density at radius 2 is 2.17 bits per heavy atom. The minimum atomic E-state index is -0.312. The van der Waals surface area contributed by atoms with E-state index in [2.05, 4.69) is 17.3 Å². The van der Waals surface area contributed by atoms with Crippen LogP contribution in [0.25, 0.3) is 0 Å². The first kappa shape index (κ1) is 13.1. The molecule has 1 atom stereocenters. The number of likely N-dealkylation sites (tertiary alicyclic amines) is 1. The molecule has 1 N–H and O–H groups in total. The van der Waals surface area contributed by atoms with Crippen LogP contribution in [-0.4, -0.2) is 38.2 Å². The van der Waals surface area contributed by atoms with E-state index in [1.54, 1.807) is 6.07 Å². The zero-order valence-corrected chi connectivity index (χ0v) is 11.1. The number of anilines is 1. The second-order valence-electron chi connectivity index (χ2n) is 4.92. The summed E-state index contributed by atoms with van der Waals surface area (Å²) in [6, 6.07) is 5.48. The summed E-state index contributed by atoms with van der Waals surface area (Å²) in [4.78, 5) is 2.34. The molecule has 0 radical (unpaired) electrons. The van der Waals surface area contributed by atoms with Gasteiger partial charge in [0.15, 0.2) is 11.6 Å². The first-order valence-electron chi connectivity index (χ1n) is 6.47. The molecule has 0 aromatic heterocycles. The van der Waals surface area contributed by atoms with Crippen molar-refractivity contribution in [3.8, 4) is 5.75 Å². The number of hydrogen-bond acceptors (Lipinski definition) is 3. The van der Waals surface area contributed by atoms with Crippen LogP contribution >= 0.6 is 0 Å². The van der Waals surface area contributed by atoms with Gasteiger partial charge in [-0.2, -0.15) is 0 Å². The number of ether oxygens (including phenoxy) is 1. The van der Waals surface area contributed by atoms with Crippen molar-refractivity contribution in [3.05, 3.63) is 24.0 Å². The van der Waals surface area contributed by atoms with Gasteiger partial charge in [-0.3, -0.25) is 0 Å². The Hall–Kier alpha value is -1.29. The summed E-state index contributed by atoms with van der Waals surface area (Å²) >= 11 is 0. The maximum absolute atomic E-state index is 13.6. The number of nitrogens with zero attached hydrogens (tertiary/aromatic N) is 1. The predicted octanol–water partition coefficient (Wildman–Crippen LogP) is 2.73. The van der Waals surface area contributed by atoms with Gasteiger partial charge in [0, 0.05) is 17.8 Å². The van der Waals surface area contributed by atoms with Gasteiger partial charge in [-0.1, -0.05) is 0 Å². The molecule has 1 unspecified atom stereocenters. The number of methoxy groups -OCH3 is 1. The van der Waals surface area contributed by atoms with Gasteiger partial charge < -0.3 is 15.0 Å². The summed E-state index contributed by atoms with van der Waals surface area (Å²) in [6.45, 7) is 2.24. The van der Waals surface area contributed by atoms with E-state index in [0.717, 1.165) is 31.6 Å². The predicted molar refractivity (Wildman–Crippen MR) is 71.7 cm³/mol. The van der Waals surface area contributed by atoms with Gasteiger partial charge in [-0.25, -0.2) is 4.39 Å². The lowest BCUT2D eigenvalue weighted by Gasteiger charge is -2.18. The van der Waals surface area contributed by atoms with Crippen LogP contribution in [0, 0.1) is 5.82 Å². The molecular weight excluding hydrogens is 231 g/mol. The molecule has 1 aliphatic rings. The molecule has 2 rings (SSSR count). The zero-order chi connectivity index (χ0) is 13.0. The molecule has 1 fully saturated rings. The maximum atomic E-state index is 13.6. The van der Waals surface area contributed by atoms with Crippen molar-refractivity contribution in [2.75, 3.05) is 32.6 Å². The molecule has 3 nitrogen and oxygen atoms in total. The Kier molecular flexibility index (Phi) is 4.42. The third-order valence-corrected chi connectivity index (χ3v) is 3.47. The van der Waals surface area contributed by atoms with Crippen LogP contribution in [-0.2, 0) is 0 Å². The fraction of sp³-hybridized carbons (Fsp3) is 0.571. The summed E-state index contributed by atoms with van der Waals surface area (Å²) in [5.41, 5.74) is 0.836. The number of hydrogen-bond donors (Lipinski definition) is 1.